The summed E-state index contributed by atoms with van der Waals surface area (Å²) >= 11 is 5.91. The van der Waals surface area contributed by atoms with E-state index in [9.17, 15) is 17.6 Å². The highest BCUT2D eigenvalue weighted by Gasteiger charge is 2.38. The number of likely N-dealkylation sites (N-methyl/N-ethyl adjacent to an activating group) is 1. The summed E-state index contributed by atoms with van der Waals surface area (Å²) in [6, 6.07) is 5.04. The molecule has 1 aromatic rings. The maximum atomic E-state index is 13.7. The molecule has 1 aliphatic rings. The van der Waals surface area contributed by atoms with Crippen LogP contribution in [0.1, 0.15) is 6.92 Å². The predicted molar refractivity (Wildman–Crippen MR) is 79.4 cm³/mol. The topological polar surface area (TPSA) is 43.8 Å². The Morgan fingerprint density at radius 1 is 1.35 bits per heavy atom. The monoisotopic (exact) mass is 356 g/mol. The molecule has 1 saturated heterocycles. The van der Waals surface area contributed by atoms with E-state index in [1.165, 1.54) is 6.07 Å². The average Bonchev–Trinajstić information content (AvgIpc) is 2.41. The Morgan fingerprint density at radius 3 is 2.39 bits per heavy atom. The zero-order chi connectivity index (χ0) is 17.8. The minimum atomic E-state index is -5.08. The molecule has 1 aliphatic heterocycles. The lowest BCUT2D eigenvalue weighted by molar-refractivity contribution is -0.192. The molecule has 9 heteroatoms. The van der Waals surface area contributed by atoms with Crippen molar-refractivity contribution in [3.8, 4) is 0 Å². The van der Waals surface area contributed by atoms with E-state index < -0.39 is 12.1 Å². The van der Waals surface area contributed by atoms with Crippen molar-refractivity contribution < 1.29 is 27.5 Å². The van der Waals surface area contributed by atoms with Gasteiger partial charge in [-0.05, 0) is 32.2 Å². The van der Waals surface area contributed by atoms with E-state index in [1.54, 1.807) is 12.1 Å². The van der Waals surface area contributed by atoms with E-state index in [1.807, 2.05) is 0 Å². The molecule has 0 unspecified atom stereocenters. The van der Waals surface area contributed by atoms with Crippen LogP contribution in [-0.2, 0) is 4.79 Å². The smallest absolute Gasteiger partial charge is 0.475 e. The van der Waals surface area contributed by atoms with Gasteiger partial charge in [0.1, 0.15) is 5.82 Å². The number of halogens is 5. The van der Waals surface area contributed by atoms with Gasteiger partial charge in [-0.2, -0.15) is 13.2 Å². The van der Waals surface area contributed by atoms with Gasteiger partial charge in [-0.1, -0.05) is 11.6 Å². The van der Waals surface area contributed by atoms with Crippen molar-refractivity contribution in [1.82, 2.24) is 4.90 Å². The van der Waals surface area contributed by atoms with Gasteiger partial charge in [0.25, 0.3) is 0 Å². The fourth-order valence-electron chi connectivity index (χ4n) is 2.20. The van der Waals surface area contributed by atoms with Crippen LogP contribution in [-0.4, -0.2) is 54.9 Å². The third-order valence-electron chi connectivity index (χ3n) is 3.29. The molecule has 4 nitrogen and oxygen atoms in total. The van der Waals surface area contributed by atoms with Crippen molar-refractivity contribution in [2.45, 2.75) is 19.1 Å². The van der Waals surface area contributed by atoms with Gasteiger partial charge in [-0.3, -0.25) is 0 Å². The molecular weight excluding hydrogens is 340 g/mol. The van der Waals surface area contributed by atoms with Crippen LogP contribution in [0.4, 0.5) is 23.2 Å². The van der Waals surface area contributed by atoms with Crippen LogP contribution in [0.25, 0.3) is 0 Å². The molecule has 1 fully saturated rings. The van der Waals surface area contributed by atoms with Gasteiger partial charge in [0.05, 0.1) is 5.69 Å². The Balaban J connectivity index is 0.000000322. The van der Waals surface area contributed by atoms with Crippen LogP contribution in [0.5, 0.6) is 0 Å². The van der Waals surface area contributed by atoms with Gasteiger partial charge in [0.15, 0.2) is 0 Å². The second-order valence-corrected chi connectivity index (χ2v) is 5.64. The fourth-order valence-corrected chi connectivity index (χ4v) is 2.37. The highest BCUT2D eigenvalue weighted by molar-refractivity contribution is 6.30. The molecule has 0 saturated carbocycles. The first-order valence-corrected chi connectivity index (χ1v) is 7.10. The molecule has 23 heavy (non-hydrogen) atoms. The summed E-state index contributed by atoms with van der Waals surface area (Å²) in [5.74, 6) is -2.95. The summed E-state index contributed by atoms with van der Waals surface area (Å²) in [5, 5.41) is 7.71. The number of piperazine rings is 1. The van der Waals surface area contributed by atoms with Crippen molar-refractivity contribution in [2.75, 3.05) is 31.6 Å². The third-order valence-corrected chi connectivity index (χ3v) is 3.53. The van der Waals surface area contributed by atoms with Crippen molar-refractivity contribution in [1.29, 1.82) is 0 Å². The Morgan fingerprint density at radius 2 is 1.91 bits per heavy atom. The molecule has 1 N–H and O–H groups in total. The summed E-state index contributed by atoms with van der Waals surface area (Å²) in [7, 11) is 2.09. The van der Waals surface area contributed by atoms with Crippen LogP contribution in [0.3, 0.4) is 0 Å². The van der Waals surface area contributed by atoms with Crippen molar-refractivity contribution in [2.24, 2.45) is 0 Å². The number of carboxylic acid groups (broad SMARTS) is 1. The molecule has 1 heterocycles. The summed E-state index contributed by atoms with van der Waals surface area (Å²) in [4.78, 5) is 13.2. The fraction of sp³-hybridized carbons (Fsp3) is 0.500. The minimum absolute atomic E-state index is 0.194. The van der Waals surface area contributed by atoms with E-state index in [4.69, 9.17) is 21.5 Å². The molecule has 0 amide bonds. The molecule has 0 bridgehead atoms. The number of nitrogens with zero attached hydrogens (tertiary/aromatic N) is 2. The normalized spacial score (nSPS) is 19.1. The lowest BCUT2D eigenvalue weighted by Crippen LogP contribution is -2.50. The molecule has 0 spiro atoms. The maximum Gasteiger partial charge on any atom is 0.490 e. The van der Waals surface area contributed by atoms with Crippen molar-refractivity contribution in [3.05, 3.63) is 29.0 Å². The van der Waals surface area contributed by atoms with Gasteiger partial charge < -0.3 is 14.9 Å². The van der Waals surface area contributed by atoms with E-state index in [2.05, 4.69) is 23.8 Å². The standard InChI is InChI=1S/C12H16ClFN2.C2HF3O2/c1-9-8-15(2)5-6-16(9)12-7-10(13)3-4-11(12)14;3-2(4,5)1(6)7/h3-4,7,9H,5-6,8H2,1-2H3;(H,6,7)/t9-;/m1./s1. The van der Waals surface area contributed by atoms with Gasteiger partial charge in [-0.25, -0.2) is 9.18 Å². The van der Waals surface area contributed by atoms with Gasteiger partial charge >= 0.3 is 12.1 Å². The van der Waals surface area contributed by atoms with E-state index in [0.29, 0.717) is 16.8 Å². The number of hydrogen-bond acceptors (Lipinski definition) is 3. The first-order chi connectivity index (χ1) is 10.5. The largest absolute Gasteiger partial charge is 0.490 e. The SMILES string of the molecule is C[C@@H]1CN(C)CCN1c1cc(Cl)ccc1F.O=C(O)C(F)(F)F. The Labute approximate surface area is 136 Å². The molecular formula is C14H17ClF4N2O2. The summed E-state index contributed by atoms with van der Waals surface area (Å²) in [6.07, 6.45) is -5.08. The maximum absolute atomic E-state index is 13.7. The molecule has 0 aromatic heterocycles. The molecule has 130 valence electrons. The number of hydrogen-bond donors (Lipinski definition) is 1. The van der Waals surface area contributed by atoms with Gasteiger partial charge in [0.2, 0.25) is 0 Å². The van der Waals surface area contributed by atoms with E-state index in [-0.39, 0.29) is 5.82 Å². The average molecular weight is 357 g/mol. The number of benzene rings is 1. The van der Waals surface area contributed by atoms with Crippen LogP contribution in [0.15, 0.2) is 18.2 Å². The number of anilines is 1. The molecule has 0 radical (unpaired) electrons. The zero-order valence-electron chi connectivity index (χ0n) is 12.6. The third kappa shape index (κ3) is 5.87. The summed E-state index contributed by atoms with van der Waals surface area (Å²) in [6.45, 7) is 4.85. The van der Waals surface area contributed by atoms with Crippen LogP contribution in [0.2, 0.25) is 5.02 Å². The Bertz CT molecular complexity index is 554. The predicted octanol–water partition coefficient (Wildman–Crippen LogP) is 3.25. The Kier molecular flexibility index (Phi) is 6.64. The van der Waals surface area contributed by atoms with Crippen LogP contribution >= 0.6 is 11.6 Å². The van der Waals surface area contributed by atoms with E-state index >= 15 is 0 Å². The molecule has 2 rings (SSSR count). The quantitative estimate of drug-likeness (QED) is 0.784. The van der Waals surface area contributed by atoms with E-state index in [0.717, 1.165) is 19.6 Å². The molecule has 0 aliphatic carbocycles. The van der Waals surface area contributed by atoms with Crippen LogP contribution < -0.4 is 4.90 Å². The summed E-state index contributed by atoms with van der Waals surface area (Å²) < 4.78 is 45.4. The Hall–Kier alpha value is -1.54. The number of carbonyl (C=O) groups is 1. The number of rotatable bonds is 1. The van der Waals surface area contributed by atoms with Crippen molar-refractivity contribution in [3.63, 3.8) is 0 Å². The first kappa shape index (κ1) is 19.5. The lowest BCUT2D eigenvalue weighted by atomic mass is 10.1. The summed E-state index contributed by atoms with van der Waals surface area (Å²) in [5.41, 5.74) is 0.619. The lowest BCUT2D eigenvalue weighted by Gasteiger charge is -2.39. The molecule has 1 atom stereocenters. The highest BCUT2D eigenvalue weighted by atomic mass is 35.5. The zero-order valence-corrected chi connectivity index (χ0v) is 13.3. The molecule has 1 aromatic carbocycles. The van der Waals surface area contributed by atoms with Crippen molar-refractivity contribution >= 4 is 23.3 Å². The minimum Gasteiger partial charge on any atom is -0.475 e. The first-order valence-electron chi connectivity index (χ1n) is 6.72. The van der Waals surface area contributed by atoms with Crippen LogP contribution in [0, 0.1) is 5.82 Å². The second kappa shape index (κ2) is 7.83. The highest BCUT2D eigenvalue weighted by Crippen LogP contribution is 2.26. The van der Waals surface area contributed by atoms with Gasteiger partial charge in [0, 0.05) is 30.7 Å². The van der Waals surface area contributed by atoms with Gasteiger partial charge in [-0.15, -0.1) is 0 Å². The second-order valence-electron chi connectivity index (χ2n) is 5.20. The number of alkyl halides is 3. The number of aliphatic carboxylic acids is 1. The number of carboxylic acids is 1.